The minimum Gasteiger partial charge on any atom is -0.493 e. The van der Waals surface area contributed by atoms with Gasteiger partial charge in [-0.15, -0.1) is 0 Å². The van der Waals surface area contributed by atoms with Crippen molar-refractivity contribution in [3.8, 4) is 5.75 Å². The van der Waals surface area contributed by atoms with Gasteiger partial charge in [0.2, 0.25) is 11.8 Å². The van der Waals surface area contributed by atoms with Crippen LogP contribution in [0.3, 0.4) is 0 Å². The van der Waals surface area contributed by atoms with Crippen LogP contribution in [-0.2, 0) is 19.7 Å². The Bertz CT molecular complexity index is 1600. The summed E-state index contributed by atoms with van der Waals surface area (Å²) >= 11 is 12.9. The Balaban J connectivity index is 1.60. The summed E-state index contributed by atoms with van der Waals surface area (Å²) in [5.41, 5.74) is 4.36. The molecule has 1 spiro atoms. The zero-order chi connectivity index (χ0) is 29.1. The van der Waals surface area contributed by atoms with Crippen LogP contribution in [0.2, 0.25) is 10.0 Å². The lowest BCUT2D eigenvalue weighted by Crippen LogP contribution is -2.57. The molecule has 0 aliphatic carbocycles. The number of benzene rings is 3. The van der Waals surface area contributed by atoms with E-state index in [4.69, 9.17) is 32.7 Å². The molecule has 3 aliphatic rings. The monoisotopic (exact) mass is 590 g/mol. The van der Waals surface area contributed by atoms with Crippen molar-refractivity contribution < 1.29 is 19.1 Å². The number of allylic oxidation sites excluding steroid dienone is 1. The molecule has 0 aromatic heterocycles. The molecule has 3 aromatic carbocycles. The largest absolute Gasteiger partial charge is 0.493 e. The van der Waals surface area contributed by atoms with Crippen molar-refractivity contribution in [2.24, 2.45) is 5.41 Å². The Morgan fingerprint density at radius 2 is 1.78 bits per heavy atom. The molecule has 0 radical (unpaired) electrons. The molecule has 2 saturated heterocycles. The predicted molar refractivity (Wildman–Crippen MR) is 162 cm³/mol. The molecule has 2 N–H and O–H groups in total. The summed E-state index contributed by atoms with van der Waals surface area (Å²) in [6.07, 6.45) is 0.0853. The Morgan fingerprint density at radius 3 is 2.49 bits per heavy atom. The minimum atomic E-state index is -1.21. The standard InChI is InChI=1S/C33H32Cl2N2O4/c1-18(2)20-6-10-28(41-17-32(4)15-40-16-32)24(11-20)26-14-29(38)37-30(23-12-21(34)7-5-19(23)3)33(26)25-9-8-22(35)13-27(25)36-31(33)39/h5-13,26,30H,1,14-17H2,2-4H3,(H,36,39)(H,37,38)/t26?,30-,33?/m0/s1. The van der Waals surface area contributed by atoms with E-state index >= 15 is 0 Å². The number of carbonyl (C=O) groups excluding carboxylic acids is 2. The molecule has 3 aromatic rings. The van der Waals surface area contributed by atoms with Crippen LogP contribution in [0.15, 0.2) is 61.2 Å². The molecule has 0 saturated carbocycles. The fraction of sp³-hybridized carbons (Fsp3) is 0.333. The average molecular weight is 592 g/mol. The zero-order valence-corrected chi connectivity index (χ0v) is 24.8. The van der Waals surface area contributed by atoms with Crippen molar-refractivity contribution in [3.63, 3.8) is 0 Å². The lowest BCUT2D eigenvalue weighted by molar-refractivity contribution is -0.131. The minimum absolute atomic E-state index is 0.0853. The van der Waals surface area contributed by atoms with E-state index in [0.29, 0.717) is 41.3 Å². The van der Waals surface area contributed by atoms with Gasteiger partial charge in [0.05, 0.1) is 25.9 Å². The van der Waals surface area contributed by atoms with Crippen LogP contribution >= 0.6 is 23.2 Å². The Hall–Kier alpha value is -3.32. The first-order chi connectivity index (χ1) is 19.5. The fourth-order valence-electron chi connectivity index (χ4n) is 6.45. The number of aryl methyl sites for hydroxylation is 1. The molecule has 2 unspecified atom stereocenters. The third-order valence-electron chi connectivity index (χ3n) is 8.66. The van der Waals surface area contributed by atoms with Gasteiger partial charge in [0.15, 0.2) is 0 Å². The van der Waals surface area contributed by atoms with Crippen LogP contribution in [-0.4, -0.2) is 31.6 Å². The first kappa shape index (κ1) is 27.8. The summed E-state index contributed by atoms with van der Waals surface area (Å²) in [4.78, 5) is 28.0. The van der Waals surface area contributed by atoms with Crippen LogP contribution in [0.4, 0.5) is 5.69 Å². The first-order valence-electron chi connectivity index (χ1n) is 13.7. The van der Waals surface area contributed by atoms with Gasteiger partial charge < -0.3 is 20.1 Å². The molecule has 0 bridgehead atoms. The third kappa shape index (κ3) is 4.62. The van der Waals surface area contributed by atoms with E-state index in [0.717, 1.165) is 33.4 Å². The second kappa shape index (κ2) is 10.2. The molecule has 2 amide bonds. The third-order valence-corrected chi connectivity index (χ3v) is 9.13. The van der Waals surface area contributed by atoms with Crippen LogP contribution < -0.4 is 15.4 Å². The second-order valence-corrected chi connectivity index (χ2v) is 12.8. The number of ether oxygens (including phenoxy) is 2. The van der Waals surface area contributed by atoms with Gasteiger partial charge in [0.1, 0.15) is 11.2 Å². The molecule has 212 valence electrons. The highest BCUT2D eigenvalue weighted by atomic mass is 35.5. The highest BCUT2D eigenvalue weighted by molar-refractivity contribution is 6.31. The van der Waals surface area contributed by atoms with E-state index in [9.17, 15) is 9.59 Å². The van der Waals surface area contributed by atoms with Crippen molar-refractivity contribution in [2.75, 3.05) is 25.1 Å². The predicted octanol–water partition coefficient (Wildman–Crippen LogP) is 6.99. The number of amides is 2. The van der Waals surface area contributed by atoms with Crippen molar-refractivity contribution >= 4 is 46.3 Å². The highest BCUT2D eigenvalue weighted by Gasteiger charge is 2.62. The summed E-state index contributed by atoms with van der Waals surface area (Å²) < 4.78 is 11.9. The van der Waals surface area contributed by atoms with E-state index < -0.39 is 17.4 Å². The Labute approximate surface area is 250 Å². The highest BCUT2D eigenvalue weighted by Crippen LogP contribution is 2.59. The van der Waals surface area contributed by atoms with E-state index in [1.165, 1.54) is 0 Å². The maximum atomic E-state index is 14.5. The SMILES string of the molecule is C=C(C)c1ccc(OCC2(C)COC2)c(C2CC(=O)N[C@@H](c3cc(Cl)ccc3C)C23C(=O)Nc2cc(Cl)ccc23)c1. The molecule has 3 heterocycles. The van der Waals surface area contributed by atoms with E-state index in [1.54, 1.807) is 12.1 Å². The number of fused-ring (bicyclic) bond motifs is 2. The van der Waals surface area contributed by atoms with Crippen LogP contribution in [0, 0.1) is 12.3 Å². The van der Waals surface area contributed by atoms with Crippen LogP contribution in [0.5, 0.6) is 5.75 Å². The van der Waals surface area contributed by atoms with Gasteiger partial charge in [-0.25, -0.2) is 0 Å². The summed E-state index contributed by atoms with van der Waals surface area (Å²) in [5, 5.41) is 7.32. The molecular formula is C33H32Cl2N2O4. The maximum absolute atomic E-state index is 14.5. The Kier molecular flexibility index (Phi) is 6.92. The molecule has 6 rings (SSSR count). The smallest absolute Gasteiger partial charge is 0.238 e. The van der Waals surface area contributed by atoms with Crippen molar-refractivity contribution in [3.05, 3.63) is 99.0 Å². The average Bonchev–Trinajstić information content (AvgIpc) is 3.19. The van der Waals surface area contributed by atoms with Crippen molar-refractivity contribution in [1.82, 2.24) is 5.32 Å². The van der Waals surface area contributed by atoms with E-state index in [1.807, 2.05) is 56.3 Å². The number of piperidine rings is 1. The van der Waals surface area contributed by atoms with Gasteiger partial charge in [0, 0.05) is 33.5 Å². The molecule has 3 atom stereocenters. The normalized spacial score (nSPS) is 24.3. The van der Waals surface area contributed by atoms with Gasteiger partial charge in [-0.2, -0.15) is 0 Å². The van der Waals surface area contributed by atoms with Gasteiger partial charge in [-0.1, -0.05) is 60.5 Å². The Morgan fingerprint density at radius 1 is 1.05 bits per heavy atom. The zero-order valence-electron chi connectivity index (χ0n) is 23.3. The summed E-state index contributed by atoms with van der Waals surface area (Å²) in [6, 6.07) is 16.2. The summed E-state index contributed by atoms with van der Waals surface area (Å²) in [6.45, 7) is 11.9. The summed E-state index contributed by atoms with van der Waals surface area (Å²) in [7, 11) is 0. The van der Waals surface area contributed by atoms with Crippen LogP contribution in [0.1, 0.15) is 60.0 Å². The van der Waals surface area contributed by atoms with Gasteiger partial charge in [-0.05, 0) is 78.1 Å². The molecule has 41 heavy (non-hydrogen) atoms. The number of halogens is 2. The molecule has 2 fully saturated rings. The topological polar surface area (TPSA) is 76.7 Å². The van der Waals surface area contributed by atoms with E-state index in [2.05, 4.69) is 24.1 Å². The second-order valence-electron chi connectivity index (χ2n) is 11.9. The summed E-state index contributed by atoms with van der Waals surface area (Å²) in [5.74, 6) is -0.304. The van der Waals surface area contributed by atoms with Gasteiger partial charge in [-0.3, -0.25) is 9.59 Å². The number of rotatable bonds is 6. The molecule has 3 aliphatic heterocycles. The number of carbonyl (C=O) groups is 2. The lowest BCUT2D eigenvalue weighted by Gasteiger charge is -2.47. The number of hydrogen-bond donors (Lipinski definition) is 2. The van der Waals surface area contributed by atoms with Crippen molar-refractivity contribution in [1.29, 1.82) is 0 Å². The quantitative estimate of drug-likeness (QED) is 0.324. The molecular weight excluding hydrogens is 559 g/mol. The maximum Gasteiger partial charge on any atom is 0.238 e. The van der Waals surface area contributed by atoms with E-state index in [-0.39, 0.29) is 23.7 Å². The fourth-order valence-corrected chi connectivity index (χ4v) is 6.80. The number of anilines is 1. The van der Waals surface area contributed by atoms with Gasteiger partial charge in [0.25, 0.3) is 0 Å². The van der Waals surface area contributed by atoms with Crippen molar-refractivity contribution in [2.45, 2.75) is 44.6 Å². The lowest BCUT2D eigenvalue weighted by atomic mass is 9.58. The number of nitrogens with one attached hydrogen (secondary N) is 2. The first-order valence-corrected chi connectivity index (χ1v) is 14.4. The molecule has 6 nitrogen and oxygen atoms in total. The molecule has 8 heteroatoms. The van der Waals surface area contributed by atoms with Crippen LogP contribution in [0.25, 0.3) is 5.57 Å². The van der Waals surface area contributed by atoms with Gasteiger partial charge >= 0.3 is 0 Å². The number of hydrogen-bond acceptors (Lipinski definition) is 4.